The van der Waals surface area contributed by atoms with Crippen LogP contribution in [0.3, 0.4) is 0 Å². The Morgan fingerprint density at radius 1 is 1.20 bits per heavy atom. The number of pyridine rings is 1. The number of carboxylic acid groups (broad SMARTS) is 1. The summed E-state index contributed by atoms with van der Waals surface area (Å²) in [6.45, 7) is 1.81. The Morgan fingerprint density at radius 2 is 2.00 bits per heavy atom. The third-order valence-electron chi connectivity index (χ3n) is 3.71. The van der Waals surface area contributed by atoms with Gasteiger partial charge in [-0.2, -0.15) is 0 Å². The van der Waals surface area contributed by atoms with Gasteiger partial charge in [-0.1, -0.05) is 6.07 Å². The van der Waals surface area contributed by atoms with Gasteiger partial charge in [-0.15, -0.1) is 11.3 Å². The van der Waals surface area contributed by atoms with Crippen LogP contribution in [0.2, 0.25) is 0 Å². The SMILES string of the molecule is Cc1cc(O)ccc1-n1cc(C(=O)O)c(=O)cc1/C=C/c1cccs1. The van der Waals surface area contributed by atoms with Gasteiger partial charge in [0.2, 0.25) is 0 Å². The Kier molecular flexibility index (Phi) is 4.54. The number of aromatic hydroxyl groups is 1. The highest BCUT2D eigenvalue weighted by molar-refractivity contribution is 7.10. The van der Waals surface area contributed by atoms with Gasteiger partial charge in [0.25, 0.3) is 0 Å². The van der Waals surface area contributed by atoms with Crippen molar-refractivity contribution in [3.63, 3.8) is 0 Å². The van der Waals surface area contributed by atoms with E-state index in [-0.39, 0.29) is 11.3 Å². The fourth-order valence-electron chi connectivity index (χ4n) is 2.51. The van der Waals surface area contributed by atoms with E-state index in [4.69, 9.17) is 0 Å². The first-order chi connectivity index (χ1) is 12.0. The zero-order valence-corrected chi connectivity index (χ0v) is 14.2. The standard InChI is InChI=1S/C19H15NO4S/c1-12-9-14(21)5-7-17(12)20-11-16(19(23)24)18(22)10-13(20)4-6-15-3-2-8-25-15/h2-11,21H,1H3,(H,23,24)/b6-4+. The third kappa shape index (κ3) is 3.54. The molecule has 2 N–H and O–H groups in total. The molecule has 0 spiro atoms. The summed E-state index contributed by atoms with van der Waals surface area (Å²) in [5, 5.41) is 20.8. The summed E-state index contributed by atoms with van der Waals surface area (Å²) >= 11 is 1.56. The minimum atomic E-state index is -1.27. The number of benzene rings is 1. The number of thiophene rings is 1. The van der Waals surface area contributed by atoms with Crippen LogP contribution in [0, 0.1) is 6.92 Å². The van der Waals surface area contributed by atoms with Crippen LogP contribution in [0.5, 0.6) is 5.75 Å². The third-order valence-corrected chi connectivity index (χ3v) is 4.55. The molecule has 126 valence electrons. The van der Waals surface area contributed by atoms with Crippen LogP contribution in [-0.4, -0.2) is 20.7 Å². The fraction of sp³-hybridized carbons (Fsp3) is 0.0526. The molecule has 0 aliphatic carbocycles. The molecule has 0 atom stereocenters. The Morgan fingerprint density at radius 3 is 2.64 bits per heavy atom. The number of phenols is 1. The van der Waals surface area contributed by atoms with Gasteiger partial charge in [0.1, 0.15) is 11.3 Å². The largest absolute Gasteiger partial charge is 0.508 e. The van der Waals surface area contributed by atoms with E-state index in [1.807, 2.05) is 23.6 Å². The molecule has 0 unspecified atom stereocenters. The molecule has 0 aliphatic rings. The lowest BCUT2D eigenvalue weighted by Gasteiger charge is -2.15. The summed E-state index contributed by atoms with van der Waals surface area (Å²) in [5.41, 5.74) is 1.14. The molecule has 0 saturated carbocycles. The second kappa shape index (κ2) is 6.78. The molecule has 3 aromatic rings. The smallest absolute Gasteiger partial charge is 0.341 e. The van der Waals surface area contributed by atoms with Crippen molar-refractivity contribution in [3.05, 3.63) is 79.9 Å². The van der Waals surface area contributed by atoms with Crippen molar-refractivity contribution >= 4 is 29.5 Å². The molecule has 3 rings (SSSR count). The number of carboxylic acids is 1. The second-order valence-corrected chi connectivity index (χ2v) is 6.45. The molecule has 25 heavy (non-hydrogen) atoms. The first-order valence-corrected chi connectivity index (χ1v) is 8.35. The number of nitrogens with zero attached hydrogens (tertiary/aromatic N) is 1. The van der Waals surface area contributed by atoms with Gasteiger partial charge >= 0.3 is 5.97 Å². The van der Waals surface area contributed by atoms with E-state index < -0.39 is 11.4 Å². The molecule has 0 radical (unpaired) electrons. The maximum atomic E-state index is 12.1. The molecule has 0 saturated heterocycles. The zero-order valence-electron chi connectivity index (χ0n) is 13.3. The summed E-state index contributed by atoms with van der Waals surface area (Å²) < 4.78 is 1.64. The van der Waals surface area contributed by atoms with E-state index in [1.54, 1.807) is 41.0 Å². The van der Waals surface area contributed by atoms with Gasteiger partial charge in [0.15, 0.2) is 5.43 Å². The quantitative estimate of drug-likeness (QED) is 0.748. The van der Waals surface area contributed by atoms with E-state index >= 15 is 0 Å². The summed E-state index contributed by atoms with van der Waals surface area (Å²) in [5.74, 6) is -1.15. The predicted octanol–water partition coefficient (Wildman–Crippen LogP) is 3.78. The highest BCUT2D eigenvalue weighted by atomic mass is 32.1. The maximum absolute atomic E-state index is 12.1. The number of hydrogen-bond donors (Lipinski definition) is 2. The number of hydrogen-bond acceptors (Lipinski definition) is 4. The fourth-order valence-corrected chi connectivity index (χ4v) is 3.13. The zero-order chi connectivity index (χ0) is 18.0. The van der Waals surface area contributed by atoms with E-state index in [1.165, 1.54) is 18.3 Å². The molecule has 2 heterocycles. The molecular formula is C19H15NO4S. The highest BCUT2D eigenvalue weighted by Crippen LogP contribution is 2.22. The summed E-state index contributed by atoms with van der Waals surface area (Å²) in [6, 6.07) is 9.97. The van der Waals surface area contributed by atoms with Crippen molar-refractivity contribution < 1.29 is 15.0 Å². The number of aryl methyl sites for hydroxylation is 1. The van der Waals surface area contributed by atoms with Gasteiger partial charge in [-0.25, -0.2) is 4.79 Å². The van der Waals surface area contributed by atoms with E-state index in [2.05, 4.69) is 0 Å². The number of carbonyl (C=O) groups is 1. The van der Waals surface area contributed by atoms with E-state index in [9.17, 15) is 19.8 Å². The van der Waals surface area contributed by atoms with Crippen molar-refractivity contribution in [2.45, 2.75) is 6.92 Å². The Hall–Kier alpha value is -3.12. The van der Waals surface area contributed by atoms with Crippen LogP contribution in [0.15, 0.2) is 52.8 Å². The Labute approximate surface area is 147 Å². The lowest BCUT2D eigenvalue weighted by molar-refractivity contribution is 0.0694. The number of aromatic carboxylic acids is 1. The van der Waals surface area contributed by atoms with E-state index in [0.717, 1.165) is 10.4 Å². The molecule has 0 fully saturated rings. The van der Waals surface area contributed by atoms with Crippen LogP contribution in [0.4, 0.5) is 0 Å². The lowest BCUT2D eigenvalue weighted by atomic mass is 10.1. The monoisotopic (exact) mass is 353 g/mol. The molecule has 0 amide bonds. The van der Waals surface area contributed by atoms with Crippen molar-refractivity contribution in [2.75, 3.05) is 0 Å². The normalized spacial score (nSPS) is 11.1. The van der Waals surface area contributed by atoms with E-state index in [0.29, 0.717) is 11.4 Å². The topological polar surface area (TPSA) is 79.5 Å². The van der Waals surface area contributed by atoms with Gasteiger partial charge < -0.3 is 14.8 Å². The summed E-state index contributed by atoms with van der Waals surface area (Å²) in [6.07, 6.45) is 4.95. The van der Waals surface area contributed by atoms with Crippen LogP contribution in [0.25, 0.3) is 17.8 Å². The van der Waals surface area contributed by atoms with Crippen LogP contribution < -0.4 is 5.43 Å². The number of aromatic nitrogens is 1. The van der Waals surface area contributed by atoms with Gasteiger partial charge in [-0.05, 0) is 54.3 Å². The van der Waals surface area contributed by atoms with Crippen molar-refractivity contribution in [3.8, 4) is 11.4 Å². The van der Waals surface area contributed by atoms with Gasteiger partial charge in [0, 0.05) is 28.5 Å². The summed E-state index contributed by atoms with van der Waals surface area (Å²) in [4.78, 5) is 24.4. The van der Waals surface area contributed by atoms with Crippen molar-refractivity contribution in [2.24, 2.45) is 0 Å². The Balaban J connectivity index is 2.21. The minimum Gasteiger partial charge on any atom is -0.508 e. The highest BCUT2D eigenvalue weighted by Gasteiger charge is 2.13. The average Bonchev–Trinajstić information content (AvgIpc) is 3.06. The predicted molar refractivity (Wildman–Crippen MR) is 98.6 cm³/mol. The van der Waals surface area contributed by atoms with Gasteiger partial charge in [0.05, 0.1) is 0 Å². The van der Waals surface area contributed by atoms with Crippen LogP contribution in [0.1, 0.15) is 26.5 Å². The molecule has 2 aromatic heterocycles. The molecule has 5 nitrogen and oxygen atoms in total. The van der Waals surface area contributed by atoms with Crippen molar-refractivity contribution in [1.82, 2.24) is 4.57 Å². The molecule has 0 aliphatic heterocycles. The van der Waals surface area contributed by atoms with Crippen LogP contribution >= 0.6 is 11.3 Å². The molecule has 1 aromatic carbocycles. The Bertz CT molecular complexity index is 1020. The maximum Gasteiger partial charge on any atom is 0.341 e. The number of phenolic OH excluding ortho intramolecular Hbond substituents is 1. The summed E-state index contributed by atoms with van der Waals surface area (Å²) in [7, 11) is 0. The molecule has 0 bridgehead atoms. The first kappa shape index (κ1) is 16.7. The molecular weight excluding hydrogens is 338 g/mol. The average molecular weight is 353 g/mol. The van der Waals surface area contributed by atoms with Crippen molar-refractivity contribution in [1.29, 1.82) is 0 Å². The van der Waals surface area contributed by atoms with Crippen LogP contribution in [-0.2, 0) is 0 Å². The second-order valence-electron chi connectivity index (χ2n) is 5.47. The number of rotatable bonds is 4. The molecule has 6 heteroatoms. The van der Waals surface area contributed by atoms with Gasteiger partial charge in [-0.3, -0.25) is 4.79 Å². The minimum absolute atomic E-state index is 0.122. The first-order valence-electron chi connectivity index (χ1n) is 7.47. The lowest BCUT2D eigenvalue weighted by Crippen LogP contribution is -2.18.